The zero-order chi connectivity index (χ0) is 13.2. The molecule has 3 rings (SSSR count). The molecule has 0 aromatic carbocycles. The Bertz CT molecular complexity index is 603. The van der Waals surface area contributed by atoms with Crippen molar-refractivity contribution in [3.05, 3.63) is 42.2 Å². The van der Waals surface area contributed by atoms with E-state index in [9.17, 15) is 0 Å². The summed E-state index contributed by atoms with van der Waals surface area (Å²) in [7, 11) is 0. The average molecular weight is 258 g/mol. The first kappa shape index (κ1) is 11.5. The van der Waals surface area contributed by atoms with E-state index < -0.39 is 0 Å². The molecule has 0 aliphatic carbocycles. The van der Waals surface area contributed by atoms with E-state index in [-0.39, 0.29) is 5.84 Å². The van der Waals surface area contributed by atoms with Gasteiger partial charge in [0.2, 0.25) is 0 Å². The normalized spacial score (nSPS) is 15.4. The van der Waals surface area contributed by atoms with Gasteiger partial charge in [0.1, 0.15) is 11.5 Å². The highest BCUT2D eigenvalue weighted by Gasteiger charge is 2.17. The molecule has 98 valence electrons. The molecule has 1 aliphatic rings. The second-order valence-corrected chi connectivity index (χ2v) is 4.35. The first-order chi connectivity index (χ1) is 9.28. The monoisotopic (exact) mass is 258 g/mol. The lowest BCUT2D eigenvalue weighted by Gasteiger charge is -2.29. The number of hydrogen-bond acceptors (Lipinski definition) is 5. The van der Waals surface area contributed by atoms with E-state index in [0.717, 1.165) is 31.1 Å². The Morgan fingerprint density at radius 1 is 1.32 bits per heavy atom. The summed E-state index contributed by atoms with van der Waals surface area (Å²) in [6, 6.07) is 3.66. The Morgan fingerprint density at radius 2 is 2.21 bits per heavy atom. The fraction of sp³-hybridized carbons (Fsp3) is 0.250. The topological polar surface area (TPSA) is 92.6 Å². The van der Waals surface area contributed by atoms with Crippen LogP contribution in [0.5, 0.6) is 0 Å². The number of imidazole rings is 1. The lowest BCUT2D eigenvalue weighted by Crippen LogP contribution is -2.33. The van der Waals surface area contributed by atoms with Crippen LogP contribution in [0.4, 0.5) is 5.69 Å². The van der Waals surface area contributed by atoms with E-state index in [1.807, 2.05) is 18.5 Å². The minimum Gasteiger partial charge on any atom is -0.409 e. The predicted molar refractivity (Wildman–Crippen MR) is 70.0 cm³/mol. The van der Waals surface area contributed by atoms with Crippen LogP contribution in [0.15, 0.2) is 35.9 Å². The van der Waals surface area contributed by atoms with Gasteiger partial charge in [-0.05, 0) is 12.1 Å². The van der Waals surface area contributed by atoms with Crippen LogP contribution < -0.4 is 10.6 Å². The van der Waals surface area contributed by atoms with Crippen LogP contribution in [-0.2, 0) is 13.1 Å². The molecular weight excluding hydrogens is 244 g/mol. The van der Waals surface area contributed by atoms with E-state index in [1.54, 1.807) is 12.3 Å². The quantitative estimate of drug-likeness (QED) is 0.352. The van der Waals surface area contributed by atoms with Crippen molar-refractivity contribution in [3.8, 4) is 0 Å². The Morgan fingerprint density at radius 3 is 2.95 bits per heavy atom. The van der Waals surface area contributed by atoms with Crippen LogP contribution in [0.2, 0.25) is 0 Å². The highest BCUT2D eigenvalue weighted by atomic mass is 16.4. The van der Waals surface area contributed by atoms with Crippen molar-refractivity contribution in [2.45, 2.75) is 13.1 Å². The molecule has 0 unspecified atom stereocenters. The summed E-state index contributed by atoms with van der Waals surface area (Å²) in [5, 5.41) is 11.5. The van der Waals surface area contributed by atoms with E-state index >= 15 is 0 Å². The fourth-order valence-electron chi connectivity index (χ4n) is 2.17. The van der Waals surface area contributed by atoms with Crippen molar-refractivity contribution < 1.29 is 5.21 Å². The van der Waals surface area contributed by atoms with Gasteiger partial charge in [-0.15, -0.1) is 0 Å². The number of anilines is 1. The van der Waals surface area contributed by atoms with Gasteiger partial charge in [-0.1, -0.05) is 5.16 Å². The first-order valence-corrected chi connectivity index (χ1v) is 5.97. The van der Waals surface area contributed by atoms with E-state index in [1.165, 1.54) is 0 Å². The molecule has 0 saturated heterocycles. The molecule has 0 fully saturated rings. The molecule has 2 aromatic rings. The van der Waals surface area contributed by atoms with Crippen molar-refractivity contribution in [2.24, 2.45) is 10.9 Å². The maximum absolute atomic E-state index is 8.59. The van der Waals surface area contributed by atoms with Gasteiger partial charge < -0.3 is 20.4 Å². The molecule has 3 N–H and O–H groups in total. The van der Waals surface area contributed by atoms with E-state index in [4.69, 9.17) is 10.9 Å². The van der Waals surface area contributed by atoms with Gasteiger partial charge >= 0.3 is 0 Å². The minimum absolute atomic E-state index is 0.0146. The summed E-state index contributed by atoms with van der Waals surface area (Å²) in [5.41, 5.74) is 6.95. The number of nitrogens with zero attached hydrogens (tertiary/aromatic N) is 5. The third kappa shape index (κ3) is 2.10. The first-order valence-electron chi connectivity index (χ1n) is 5.97. The number of oxime groups is 1. The van der Waals surface area contributed by atoms with Crippen molar-refractivity contribution in [1.82, 2.24) is 14.5 Å². The molecule has 19 heavy (non-hydrogen) atoms. The Kier molecular flexibility index (Phi) is 2.79. The molecule has 0 saturated carbocycles. The summed E-state index contributed by atoms with van der Waals surface area (Å²) in [4.78, 5) is 10.7. The number of pyridine rings is 1. The van der Waals surface area contributed by atoms with Gasteiger partial charge in [-0.25, -0.2) is 4.98 Å². The van der Waals surface area contributed by atoms with Gasteiger partial charge in [-0.3, -0.25) is 4.98 Å². The largest absolute Gasteiger partial charge is 0.409 e. The van der Waals surface area contributed by atoms with Crippen LogP contribution in [0.1, 0.15) is 11.5 Å². The average Bonchev–Trinajstić information content (AvgIpc) is 2.94. The Labute approximate surface area is 110 Å². The summed E-state index contributed by atoms with van der Waals surface area (Å²) >= 11 is 0. The maximum atomic E-state index is 8.59. The minimum atomic E-state index is 0.0146. The zero-order valence-electron chi connectivity index (χ0n) is 10.3. The second-order valence-electron chi connectivity index (χ2n) is 4.35. The molecular formula is C12H14N6O. The Hall–Kier alpha value is -2.57. The Balaban J connectivity index is 1.81. The van der Waals surface area contributed by atoms with Crippen LogP contribution in [-0.4, -0.2) is 32.1 Å². The molecule has 7 heteroatoms. The number of nitrogens with two attached hydrogens (primary N) is 1. The number of amidine groups is 1. The number of fused-ring (bicyclic) bond motifs is 1. The smallest absolute Gasteiger partial charge is 0.188 e. The van der Waals surface area contributed by atoms with Crippen LogP contribution in [0, 0.1) is 0 Å². The van der Waals surface area contributed by atoms with Crippen molar-refractivity contribution in [2.75, 3.05) is 11.4 Å². The lowest BCUT2D eigenvalue weighted by molar-refractivity contribution is 0.318. The van der Waals surface area contributed by atoms with Crippen molar-refractivity contribution in [1.29, 1.82) is 0 Å². The number of aromatic nitrogens is 3. The summed E-state index contributed by atoms with van der Waals surface area (Å²) in [5.74, 6) is 1.06. The van der Waals surface area contributed by atoms with Crippen molar-refractivity contribution in [3.63, 3.8) is 0 Å². The van der Waals surface area contributed by atoms with Crippen LogP contribution >= 0.6 is 0 Å². The molecule has 0 amide bonds. The lowest BCUT2D eigenvalue weighted by atomic mass is 10.2. The standard InChI is InChI=1S/C12H14N6O/c13-12(16-19)10-2-1-9(7-15-10)18-6-5-17-4-3-14-11(17)8-18/h1-4,7,19H,5-6,8H2,(H2,13,16). The van der Waals surface area contributed by atoms with E-state index in [2.05, 4.69) is 24.6 Å². The second kappa shape index (κ2) is 4.60. The zero-order valence-corrected chi connectivity index (χ0v) is 10.3. The van der Waals surface area contributed by atoms with Gasteiger partial charge in [0.15, 0.2) is 5.84 Å². The van der Waals surface area contributed by atoms with Crippen molar-refractivity contribution >= 4 is 11.5 Å². The molecule has 0 radical (unpaired) electrons. The molecule has 0 bridgehead atoms. The summed E-state index contributed by atoms with van der Waals surface area (Å²) < 4.78 is 2.15. The molecule has 0 atom stereocenters. The van der Waals surface area contributed by atoms with Gasteiger partial charge in [0.25, 0.3) is 0 Å². The summed E-state index contributed by atoms with van der Waals surface area (Å²) in [6.07, 6.45) is 5.54. The van der Waals surface area contributed by atoms with Gasteiger partial charge in [0, 0.05) is 25.5 Å². The predicted octanol–water partition coefficient (Wildman–Crippen LogP) is 0.393. The molecule has 2 aromatic heterocycles. The van der Waals surface area contributed by atoms with Gasteiger partial charge in [-0.2, -0.15) is 0 Å². The van der Waals surface area contributed by atoms with Crippen LogP contribution in [0.25, 0.3) is 0 Å². The molecule has 7 nitrogen and oxygen atoms in total. The van der Waals surface area contributed by atoms with Gasteiger partial charge in [0.05, 0.1) is 18.4 Å². The SMILES string of the molecule is N/C(=N/O)c1ccc(N2CCn3ccnc3C2)cn1. The maximum Gasteiger partial charge on any atom is 0.188 e. The third-order valence-electron chi connectivity index (χ3n) is 3.23. The molecule has 3 heterocycles. The highest BCUT2D eigenvalue weighted by Crippen LogP contribution is 2.19. The molecule has 1 aliphatic heterocycles. The summed E-state index contributed by atoms with van der Waals surface area (Å²) in [6.45, 7) is 2.59. The van der Waals surface area contributed by atoms with Crippen LogP contribution in [0.3, 0.4) is 0 Å². The number of hydrogen-bond donors (Lipinski definition) is 2. The third-order valence-corrected chi connectivity index (χ3v) is 3.23. The molecule has 0 spiro atoms. The highest BCUT2D eigenvalue weighted by molar-refractivity contribution is 5.95. The number of rotatable bonds is 2. The fourth-order valence-corrected chi connectivity index (χ4v) is 2.17. The van der Waals surface area contributed by atoms with E-state index in [0.29, 0.717) is 5.69 Å².